The van der Waals surface area contributed by atoms with E-state index in [1.807, 2.05) is 30.3 Å². The molecule has 0 aliphatic rings. The minimum absolute atomic E-state index is 0.167. The Kier molecular flexibility index (Phi) is 8.56. The van der Waals surface area contributed by atoms with E-state index < -0.39 is 0 Å². The van der Waals surface area contributed by atoms with E-state index >= 15 is 0 Å². The van der Waals surface area contributed by atoms with Gasteiger partial charge < -0.3 is 15.5 Å². The Morgan fingerprint density at radius 3 is 2.15 bits per heavy atom. The Hall–Kier alpha value is -3.94. The number of nitrogens with zero attached hydrogens (tertiary/aromatic N) is 2. The molecule has 0 spiro atoms. The molecule has 3 aromatic rings. The molecule has 0 saturated carbocycles. The number of carbonyl (C=O) groups excluding carboxylic acids is 3. The summed E-state index contributed by atoms with van der Waals surface area (Å²) in [5, 5.41) is 12.8. The third kappa shape index (κ3) is 7.30. The van der Waals surface area contributed by atoms with Crippen LogP contribution in [0.5, 0.6) is 0 Å². The van der Waals surface area contributed by atoms with Crippen LogP contribution in [-0.2, 0) is 16.0 Å². The smallest absolute Gasteiger partial charge is 0.253 e. The molecule has 1 heterocycles. The van der Waals surface area contributed by atoms with Crippen LogP contribution in [0.1, 0.15) is 49.2 Å². The zero-order valence-electron chi connectivity index (χ0n) is 19.9. The summed E-state index contributed by atoms with van der Waals surface area (Å²) in [6, 6.07) is 17.0. The number of hydrogen-bond donors (Lipinski definition) is 3. The fraction of sp³-hybridized carbons (Fsp3) is 0.308. The molecule has 0 fully saturated rings. The van der Waals surface area contributed by atoms with Crippen molar-refractivity contribution in [2.45, 2.75) is 39.5 Å². The second-order valence-electron chi connectivity index (χ2n) is 8.34. The monoisotopic (exact) mass is 461 g/mol. The maximum Gasteiger partial charge on any atom is 0.253 e. The first kappa shape index (κ1) is 24.7. The van der Waals surface area contributed by atoms with Crippen LogP contribution in [0.15, 0.2) is 54.6 Å². The standard InChI is InChI=1S/C26H31N5O3/c1-18(32)27-23-14-21(15-24(16-23)28-19(2)33)26(34)31(3)13-9-5-8-12-22-17-25(30-29-22)20-10-6-4-7-11-20/h4,6-7,10-11,14-17H,5,8-9,12-13H2,1-3H3,(H,27,32)(H,28,33)(H,29,30). The molecule has 0 radical (unpaired) electrons. The number of hydrogen-bond acceptors (Lipinski definition) is 4. The fourth-order valence-electron chi connectivity index (χ4n) is 3.71. The van der Waals surface area contributed by atoms with Crippen LogP contribution in [0.4, 0.5) is 11.4 Å². The number of benzene rings is 2. The third-order valence-electron chi connectivity index (χ3n) is 5.31. The number of carbonyl (C=O) groups is 3. The topological polar surface area (TPSA) is 107 Å². The molecule has 0 atom stereocenters. The van der Waals surface area contributed by atoms with Crippen molar-refractivity contribution in [1.82, 2.24) is 15.1 Å². The molecule has 0 aliphatic carbocycles. The molecular formula is C26H31N5O3. The number of aromatic nitrogens is 2. The van der Waals surface area contributed by atoms with E-state index in [0.29, 0.717) is 23.5 Å². The fourth-order valence-corrected chi connectivity index (χ4v) is 3.71. The van der Waals surface area contributed by atoms with E-state index in [0.717, 1.165) is 42.6 Å². The highest BCUT2D eigenvalue weighted by molar-refractivity contribution is 5.99. The Labute approximate surface area is 199 Å². The lowest BCUT2D eigenvalue weighted by Gasteiger charge is -2.18. The highest BCUT2D eigenvalue weighted by Crippen LogP contribution is 2.21. The van der Waals surface area contributed by atoms with Gasteiger partial charge in [0.05, 0.1) is 5.69 Å². The van der Waals surface area contributed by atoms with Gasteiger partial charge in [0.25, 0.3) is 5.91 Å². The van der Waals surface area contributed by atoms with Crippen molar-refractivity contribution in [2.75, 3.05) is 24.2 Å². The van der Waals surface area contributed by atoms with Gasteiger partial charge in [-0.05, 0) is 43.5 Å². The number of nitrogens with one attached hydrogen (secondary N) is 3. The van der Waals surface area contributed by atoms with Crippen molar-refractivity contribution in [2.24, 2.45) is 0 Å². The van der Waals surface area contributed by atoms with Gasteiger partial charge >= 0.3 is 0 Å². The minimum Gasteiger partial charge on any atom is -0.342 e. The van der Waals surface area contributed by atoms with Gasteiger partial charge in [0.1, 0.15) is 0 Å². The molecule has 0 aliphatic heterocycles. The molecule has 34 heavy (non-hydrogen) atoms. The average molecular weight is 462 g/mol. The zero-order valence-corrected chi connectivity index (χ0v) is 19.9. The summed E-state index contributed by atoms with van der Waals surface area (Å²) in [6.45, 7) is 3.39. The van der Waals surface area contributed by atoms with Crippen molar-refractivity contribution < 1.29 is 14.4 Å². The quantitative estimate of drug-likeness (QED) is 0.387. The molecule has 0 saturated heterocycles. The number of anilines is 2. The molecule has 0 bridgehead atoms. The summed E-state index contributed by atoms with van der Waals surface area (Å²) < 4.78 is 0. The summed E-state index contributed by atoms with van der Waals surface area (Å²) in [7, 11) is 1.76. The summed E-state index contributed by atoms with van der Waals surface area (Å²) >= 11 is 0. The van der Waals surface area contributed by atoms with Gasteiger partial charge in [-0.25, -0.2) is 0 Å². The van der Waals surface area contributed by atoms with Crippen molar-refractivity contribution in [3.05, 3.63) is 65.9 Å². The zero-order chi connectivity index (χ0) is 24.5. The van der Waals surface area contributed by atoms with Gasteiger partial charge in [-0.3, -0.25) is 19.5 Å². The molecule has 0 unspecified atom stereocenters. The number of aryl methyl sites for hydroxylation is 1. The van der Waals surface area contributed by atoms with Crippen LogP contribution in [0.3, 0.4) is 0 Å². The lowest BCUT2D eigenvalue weighted by molar-refractivity contribution is -0.115. The molecule has 1 aromatic heterocycles. The van der Waals surface area contributed by atoms with Gasteiger partial charge in [-0.2, -0.15) is 5.10 Å². The van der Waals surface area contributed by atoms with Crippen molar-refractivity contribution in [3.8, 4) is 11.3 Å². The average Bonchev–Trinajstić information content (AvgIpc) is 3.26. The van der Waals surface area contributed by atoms with Crippen LogP contribution in [0, 0.1) is 0 Å². The van der Waals surface area contributed by atoms with Crippen molar-refractivity contribution in [3.63, 3.8) is 0 Å². The second kappa shape index (κ2) is 11.8. The number of unbranched alkanes of at least 4 members (excludes halogenated alkanes) is 2. The lowest BCUT2D eigenvalue weighted by Crippen LogP contribution is -2.28. The first-order chi connectivity index (χ1) is 16.3. The van der Waals surface area contributed by atoms with Crippen LogP contribution >= 0.6 is 0 Å². The van der Waals surface area contributed by atoms with Crippen molar-refractivity contribution >= 4 is 29.1 Å². The predicted molar refractivity (Wildman–Crippen MR) is 134 cm³/mol. The maximum absolute atomic E-state index is 12.9. The van der Waals surface area contributed by atoms with E-state index in [-0.39, 0.29) is 17.7 Å². The van der Waals surface area contributed by atoms with Gasteiger partial charge in [-0.1, -0.05) is 36.8 Å². The summed E-state index contributed by atoms with van der Waals surface area (Å²) in [4.78, 5) is 37.5. The molecule has 8 nitrogen and oxygen atoms in total. The van der Waals surface area contributed by atoms with Gasteiger partial charge in [0.2, 0.25) is 11.8 Å². The molecular weight excluding hydrogens is 430 g/mol. The first-order valence-corrected chi connectivity index (χ1v) is 11.4. The van der Waals surface area contributed by atoms with E-state index in [1.165, 1.54) is 13.8 Å². The van der Waals surface area contributed by atoms with E-state index in [9.17, 15) is 14.4 Å². The Balaban J connectivity index is 1.49. The van der Waals surface area contributed by atoms with E-state index in [1.54, 1.807) is 30.1 Å². The van der Waals surface area contributed by atoms with Crippen LogP contribution < -0.4 is 10.6 Å². The second-order valence-corrected chi connectivity index (χ2v) is 8.34. The Bertz CT molecular complexity index is 1110. The molecule has 2 aromatic carbocycles. The SMILES string of the molecule is CC(=O)Nc1cc(NC(C)=O)cc(C(=O)N(C)CCCCCc2cc(-c3ccccc3)n[nH]2)c1. The summed E-state index contributed by atoms with van der Waals surface area (Å²) in [5.74, 6) is -0.667. The molecule has 3 rings (SSSR count). The first-order valence-electron chi connectivity index (χ1n) is 11.4. The van der Waals surface area contributed by atoms with Crippen molar-refractivity contribution in [1.29, 1.82) is 0 Å². The maximum atomic E-state index is 12.9. The third-order valence-corrected chi connectivity index (χ3v) is 5.31. The van der Waals surface area contributed by atoms with Gasteiger partial charge in [-0.15, -0.1) is 0 Å². The molecule has 8 heteroatoms. The van der Waals surface area contributed by atoms with E-state index in [4.69, 9.17) is 0 Å². The normalized spacial score (nSPS) is 10.6. The largest absolute Gasteiger partial charge is 0.342 e. The minimum atomic E-state index is -0.250. The molecule has 3 N–H and O–H groups in total. The van der Waals surface area contributed by atoms with Gasteiger partial charge in [0, 0.05) is 55.6 Å². The Morgan fingerprint density at radius 1 is 0.882 bits per heavy atom. The number of amides is 3. The summed E-state index contributed by atoms with van der Waals surface area (Å²) in [5.41, 5.74) is 4.47. The molecule has 178 valence electrons. The van der Waals surface area contributed by atoms with Crippen LogP contribution in [-0.4, -0.2) is 46.4 Å². The van der Waals surface area contributed by atoms with Crippen LogP contribution in [0.2, 0.25) is 0 Å². The highest BCUT2D eigenvalue weighted by atomic mass is 16.2. The van der Waals surface area contributed by atoms with E-state index in [2.05, 4.69) is 26.9 Å². The van der Waals surface area contributed by atoms with Gasteiger partial charge in [0.15, 0.2) is 0 Å². The highest BCUT2D eigenvalue weighted by Gasteiger charge is 2.14. The number of H-pyrrole nitrogens is 1. The van der Waals surface area contributed by atoms with Crippen LogP contribution in [0.25, 0.3) is 11.3 Å². The molecule has 3 amide bonds. The number of rotatable bonds is 10. The summed E-state index contributed by atoms with van der Waals surface area (Å²) in [6.07, 6.45) is 3.73. The Morgan fingerprint density at radius 2 is 1.53 bits per heavy atom. The number of aromatic amines is 1. The lowest BCUT2D eigenvalue weighted by atomic mass is 10.1. The predicted octanol–water partition coefficient (Wildman–Crippen LogP) is 4.48.